The van der Waals surface area contributed by atoms with Gasteiger partial charge in [0.2, 0.25) is 5.91 Å². The second-order valence-electron chi connectivity index (χ2n) is 6.25. The molecule has 3 rings (SSSR count). The first-order valence-corrected chi connectivity index (χ1v) is 8.03. The molecule has 0 bridgehead atoms. The number of nitrogens with zero attached hydrogens (tertiary/aromatic N) is 4. The largest absolute Gasteiger partial charge is 0.350 e. The number of hydrogen-bond acceptors (Lipinski definition) is 4. The van der Waals surface area contributed by atoms with E-state index < -0.39 is 0 Å². The van der Waals surface area contributed by atoms with Gasteiger partial charge in [-0.15, -0.1) is 0 Å². The molecule has 1 aliphatic rings. The zero-order valence-corrected chi connectivity index (χ0v) is 13.7. The van der Waals surface area contributed by atoms with Crippen LogP contribution in [-0.2, 0) is 11.3 Å². The zero-order valence-electron chi connectivity index (χ0n) is 13.7. The quantitative estimate of drug-likeness (QED) is 0.913. The molecule has 0 radical (unpaired) electrons. The van der Waals surface area contributed by atoms with E-state index in [-0.39, 0.29) is 11.4 Å². The van der Waals surface area contributed by atoms with Crippen molar-refractivity contribution in [2.75, 3.05) is 14.1 Å². The fraction of sp³-hybridized carbons (Fsp3) is 0.471. The minimum atomic E-state index is -0.367. The number of nitrogens with one attached hydrogen (secondary N) is 1. The molecule has 0 aromatic carbocycles. The van der Waals surface area contributed by atoms with Crippen molar-refractivity contribution in [1.29, 1.82) is 0 Å². The predicted octanol–water partition coefficient (Wildman–Crippen LogP) is 1.76. The summed E-state index contributed by atoms with van der Waals surface area (Å²) in [6.07, 6.45) is 9.37. The molecule has 0 unspecified atom stereocenters. The monoisotopic (exact) mass is 313 g/mol. The Morgan fingerprint density at radius 2 is 2.09 bits per heavy atom. The summed E-state index contributed by atoms with van der Waals surface area (Å²) >= 11 is 0. The maximum absolute atomic E-state index is 12.8. The third-order valence-corrected chi connectivity index (χ3v) is 4.74. The molecule has 122 valence electrons. The lowest BCUT2D eigenvalue weighted by Gasteiger charge is -2.34. The maximum Gasteiger partial charge on any atom is 0.240 e. The summed E-state index contributed by atoms with van der Waals surface area (Å²) in [5.41, 5.74) is 0.588. The number of rotatable bonds is 5. The zero-order chi connectivity index (χ0) is 16.3. The van der Waals surface area contributed by atoms with Crippen molar-refractivity contribution in [2.24, 2.45) is 0 Å². The number of amides is 1. The second-order valence-corrected chi connectivity index (χ2v) is 6.25. The third kappa shape index (κ3) is 2.99. The Morgan fingerprint density at radius 1 is 1.30 bits per heavy atom. The summed E-state index contributed by atoms with van der Waals surface area (Å²) in [5, 5.41) is 7.33. The minimum absolute atomic E-state index is 0.107. The van der Waals surface area contributed by atoms with Gasteiger partial charge >= 0.3 is 0 Å². The van der Waals surface area contributed by atoms with Gasteiger partial charge in [0, 0.05) is 30.7 Å². The number of carbonyl (C=O) groups excluding carboxylic acids is 1. The summed E-state index contributed by atoms with van der Waals surface area (Å²) in [5.74, 6) is 0.860. The van der Waals surface area contributed by atoms with Crippen LogP contribution in [0.15, 0.2) is 36.8 Å². The SMILES string of the molecule is CN(C)C1(C(=O)NCc2cccnc2-n2cccn2)CCCC1. The highest BCUT2D eigenvalue weighted by Gasteiger charge is 2.42. The van der Waals surface area contributed by atoms with Gasteiger partial charge in [-0.2, -0.15) is 5.10 Å². The lowest BCUT2D eigenvalue weighted by molar-refractivity contribution is -0.132. The van der Waals surface area contributed by atoms with E-state index in [2.05, 4.69) is 20.3 Å². The molecule has 23 heavy (non-hydrogen) atoms. The van der Waals surface area contributed by atoms with Gasteiger partial charge in [-0.25, -0.2) is 9.67 Å². The van der Waals surface area contributed by atoms with E-state index >= 15 is 0 Å². The van der Waals surface area contributed by atoms with Crippen LogP contribution in [0.2, 0.25) is 0 Å². The third-order valence-electron chi connectivity index (χ3n) is 4.74. The van der Waals surface area contributed by atoms with Crippen molar-refractivity contribution in [1.82, 2.24) is 25.0 Å². The van der Waals surface area contributed by atoms with Crippen LogP contribution in [0.25, 0.3) is 5.82 Å². The average Bonchev–Trinajstić information content (AvgIpc) is 3.24. The molecular weight excluding hydrogens is 290 g/mol. The highest BCUT2D eigenvalue weighted by Crippen LogP contribution is 2.34. The van der Waals surface area contributed by atoms with Crippen molar-refractivity contribution < 1.29 is 4.79 Å². The van der Waals surface area contributed by atoms with E-state index in [0.29, 0.717) is 6.54 Å². The first kappa shape index (κ1) is 15.7. The van der Waals surface area contributed by atoms with E-state index in [0.717, 1.165) is 37.1 Å². The predicted molar refractivity (Wildman–Crippen MR) is 88.1 cm³/mol. The van der Waals surface area contributed by atoms with E-state index in [1.165, 1.54) is 0 Å². The maximum atomic E-state index is 12.8. The van der Waals surface area contributed by atoms with Crippen LogP contribution in [0, 0.1) is 0 Å². The van der Waals surface area contributed by atoms with Crippen LogP contribution in [0.3, 0.4) is 0 Å². The number of hydrogen-bond donors (Lipinski definition) is 1. The lowest BCUT2D eigenvalue weighted by atomic mass is 9.94. The fourth-order valence-electron chi connectivity index (χ4n) is 3.35. The first-order valence-electron chi connectivity index (χ1n) is 8.03. The molecule has 2 aromatic heterocycles. The van der Waals surface area contributed by atoms with Gasteiger partial charge in [-0.3, -0.25) is 9.69 Å². The first-order chi connectivity index (χ1) is 11.1. The van der Waals surface area contributed by atoms with Crippen molar-refractivity contribution in [2.45, 2.75) is 37.8 Å². The van der Waals surface area contributed by atoms with Crippen molar-refractivity contribution >= 4 is 5.91 Å². The molecule has 1 amide bonds. The van der Waals surface area contributed by atoms with Crippen molar-refractivity contribution in [3.05, 3.63) is 42.4 Å². The van der Waals surface area contributed by atoms with Gasteiger partial charge < -0.3 is 5.32 Å². The van der Waals surface area contributed by atoms with Crippen LogP contribution in [0.4, 0.5) is 0 Å². The van der Waals surface area contributed by atoms with E-state index in [4.69, 9.17) is 0 Å². The van der Waals surface area contributed by atoms with Gasteiger partial charge in [0.25, 0.3) is 0 Å². The van der Waals surface area contributed by atoms with E-state index in [1.54, 1.807) is 17.1 Å². The summed E-state index contributed by atoms with van der Waals surface area (Å²) in [7, 11) is 3.98. The van der Waals surface area contributed by atoms with E-state index in [9.17, 15) is 4.79 Å². The van der Waals surface area contributed by atoms with Crippen LogP contribution in [0.5, 0.6) is 0 Å². The van der Waals surface area contributed by atoms with Crippen molar-refractivity contribution in [3.8, 4) is 5.82 Å². The Morgan fingerprint density at radius 3 is 2.74 bits per heavy atom. The lowest BCUT2D eigenvalue weighted by Crippen LogP contribution is -2.54. The molecule has 1 N–H and O–H groups in total. The van der Waals surface area contributed by atoms with Gasteiger partial charge in [-0.05, 0) is 39.1 Å². The Labute approximate surface area is 136 Å². The molecule has 1 fully saturated rings. The molecule has 2 aromatic rings. The molecule has 2 heterocycles. The van der Waals surface area contributed by atoms with Crippen molar-refractivity contribution in [3.63, 3.8) is 0 Å². The molecule has 0 saturated heterocycles. The van der Waals surface area contributed by atoms with Gasteiger partial charge in [-0.1, -0.05) is 18.9 Å². The summed E-state index contributed by atoms with van der Waals surface area (Å²) in [6, 6.07) is 5.71. The standard InChI is InChI=1S/C17H23N5O/c1-21(2)17(8-3-4-9-17)16(23)19-13-14-7-5-10-18-15(14)22-12-6-11-20-22/h5-7,10-12H,3-4,8-9,13H2,1-2H3,(H,19,23). The number of carbonyl (C=O) groups is 1. The summed E-state index contributed by atoms with van der Waals surface area (Å²) < 4.78 is 1.72. The Bertz CT molecular complexity index is 659. The topological polar surface area (TPSA) is 63.1 Å². The number of pyridine rings is 1. The smallest absolute Gasteiger partial charge is 0.240 e. The van der Waals surface area contributed by atoms with Crippen LogP contribution < -0.4 is 5.32 Å². The minimum Gasteiger partial charge on any atom is -0.350 e. The van der Waals surface area contributed by atoms with Gasteiger partial charge in [0.05, 0.1) is 5.54 Å². The number of likely N-dealkylation sites (N-methyl/N-ethyl adjacent to an activating group) is 1. The summed E-state index contributed by atoms with van der Waals surface area (Å²) in [4.78, 5) is 19.2. The Hall–Kier alpha value is -2.21. The average molecular weight is 313 g/mol. The molecule has 1 saturated carbocycles. The molecule has 6 nitrogen and oxygen atoms in total. The molecule has 0 spiro atoms. The Balaban J connectivity index is 1.75. The van der Waals surface area contributed by atoms with Gasteiger partial charge in [0.1, 0.15) is 0 Å². The van der Waals surface area contributed by atoms with Crippen LogP contribution in [0.1, 0.15) is 31.2 Å². The van der Waals surface area contributed by atoms with E-state index in [1.807, 2.05) is 38.5 Å². The fourth-order valence-corrected chi connectivity index (χ4v) is 3.35. The highest BCUT2D eigenvalue weighted by molar-refractivity contribution is 5.86. The summed E-state index contributed by atoms with van der Waals surface area (Å²) in [6.45, 7) is 0.456. The highest BCUT2D eigenvalue weighted by atomic mass is 16.2. The second kappa shape index (κ2) is 6.50. The number of aromatic nitrogens is 3. The normalized spacial score (nSPS) is 16.7. The van der Waals surface area contributed by atoms with Gasteiger partial charge in [0.15, 0.2) is 5.82 Å². The molecular formula is C17H23N5O. The molecule has 6 heteroatoms. The molecule has 0 aliphatic heterocycles. The van der Waals surface area contributed by atoms with Crippen LogP contribution in [-0.4, -0.2) is 45.2 Å². The molecule has 0 atom stereocenters. The van der Waals surface area contributed by atoms with Crippen LogP contribution >= 0.6 is 0 Å². The Kier molecular flexibility index (Phi) is 4.43. The molecule has 1 aliphatic carbocycles.